The molecule has 16 heavy (non-hydrogen) atoms. The summed E-state index contributed by atoms with van der Waals surface area (Å²) in [6.07, 6.45) is 6.75. The predicted octanol–water partition coefficient (Wildman–Crippen LogP) is 5.23. The summed E-state index contributed by atoms with van der Waals surface area (Å²) in [6.45, 7) is 8.32. The zero-order valence-corrected chi connectivity index (χ0v) is 10.5. The van der Waals surface area contributed by atoms with Gasteiger partial charge in [-0.2, -0.15) is 0 Å². The number of unbranched alkanes of at least 4 members (excludes halogenated alkanes) is 1. The monoisotopic (exact) mass is 214 g/mol. The molecule has 0 unspecified atom stereocenters. The lowest BCUT2D eigenvalue weighted by molar-refractivity contribution is 0.777. The zero-order chi connectivity index (χ0) is 11.8. The first kappa shape index (κ1) is 12.8. The Labute approximate surface area is 99.7 Å². The first-order valence-corrected chi connectivity index (χ1v) is 6.14. The standard InChI is InChI=1S/C16H22/c1-4-6-11-15(10-5-2)14(3)16-12-8-7-9-13-16/h5,7-9,12-13H,2,4,6,10-11H2,1,3H3. The van der Waals surface area contributed by atoms with Crippen LogP contribution in [0, 0.1) is 0 Å². The van der Waals surface area contributed by atoms with Crippen LogP contribution in [0.25, 0.3) is 5.57 Å². The van der Waals surface area contributed by atoms with E-state index in [0.29, 0.717) is 0 Å². The minimum Gasteiger partial charge on any atom is -0.103 e. The molecule has 0 fully saturated rings. The molecule has 0 aromatic heterocycles. The molecule has 1 aromatic carbocycles. The van der Waals surface area contributed by atoms with Crippen molar-refractivity contribution in [3.05, 3.63) is 54.1 Å². The Morgan fingerprint density at radius 1 is 1.25 bits per heavy atom. The third kappa shape index (κ3) is 3.69. The molecule has 0 saturated carbocycles. The van der Waals surface area contributed by atoms with Gasteiger partial charge in [0.2, 0.25) is 0 Å². The fourth-order valence-corrected chi connectivity index (χ4v) is 1.90. The van der Waals surface area contributed by atoms with Gasteiger partial charge in [0.15, 0.2) is 0 Å². The molecule has 0 aliphatic heterocycles. The molecule has 0 spiro atoms. The van der Waals surface area contributed by atoms with E-state index in [1.807, 2.05) is 6.08 Å². The normalized spacial score (nSPS) is 12.1. The van der Waals surface area contributed by atoms with Crippen molar-refractivity contribution in [2.75, 3.05) is 0 Å². The molecule has 0 aliphatic rings. The van der Waals surface area contributed by atoms with Gasteiger partial charge >= 0.3 is 0 Å². The van der Waals surface area contributed by atoms with Crippen LogP contribution in [0.15, 0.2) is 48.6 Å². The molecule has 1 aromatic rings. The van der Waals surface area contributed by atoms with E-state index < -0.39 is 0 Å². The van der Waals surface area contributed by atoms with Crippen LogP contribution in [0.4, 0.5) is 0 Å². The second-order valence-electron chi connectivity index (χ2n) is 4.19. The van der Waals surface area contributed by atoms with Crippen molar-refractivity contribution < 1.29 is 0 Å². The van der Waals surface area contributed by atoms with Crippen molar-refractivity contribution in [3.63, 3.8) is 0 Å². The molecule has 0 bridgehead atoms. The van der Waals surface area contributed by atoms with Crippen molar-refractivity contribution in [2.24, 2.45) is 0 Å². The van der Waals surface area contributed by atoms with Crippen molar-refractivity contribution in [3.8, 4) is 0 Å². The predicted molar refractivity (Wildman–Crippen MR) is 73.4 cm³/mol. The van der Waals surface area contributed by atoms with E-state index in [9.17, 15) is 0 Å². The number of allylic oxidation sites excluding steroid dienone is 3. The minimum atomic E-state index is 1.01. The van der Waals surface area contributed by atoms with Gasteiger partial charge in [0.05, 0.1) is 0 Å². The summed E-state index contributed by atoms with van der Waals surface area (Å²) in [5.41, 5.74) is 4.30. The van der Waals surface area contributed by atoms with Gasteiger partial charge in [-0.3, -0.25) is 0 Å². The Kier molecular flexibility index (Phi) is 5.63. The third-order valence-corrected chi connectivity index (χ3v) is 2.96. The maximum atomic E-state index is 3.85. The second-order valence-corrected chi connectivity index (χ2v) is 4.19. The Morgan fingerprint density at radius 2 is 1.94 bits per heavy atom. The molecule has 0 atom stereocenters. The summed E-state index contributed by atoms with van der Waals surface area (Å²) in [4.78, 5) is 0. The van der Waals surface area contributed by atoms with Crippen molar-refractivity contribution >= 4 is 5.57 Å². The van der Waals surface area contributed by atoms with Gasteiger partial charge in [0, 0.05) is 0 Å². The largest absolute Gasteiger partial charge is 0.103 e. The van der Waals surface area contributed by atoms with E-state index >= 15 is 0 Å². The Balaban J connectivity index is 2.91. The number of rotatable bonds is 6. The number of hydrogen-bond donors (Lipinski definition) is 0. The van der Waals surface area contributed by atoms with E-state index in [4.69, 9.17) is 0 Å². The van der Waals surface area contributed by atoms with Crippen LogP contribution < -0.4 is 0 Å². The number of hydrogen-bond acceptors (Lipinski definition) is 0. The number of benzene rings is 1. The lowest BCUT2D eigenvalue weighted by Crippen LogP contribution is -1.89. The van der Waals surface area contributed by atoms with Gasteiger partial charge in [-0.05, 0) is 37.3 Å². The maximum absolute atomic E-state index is 3.85. The van der Waals surface area contributed by atoms with Gasteiger partial charge in [-0.15, -0.1) is 6.58 Å². The summed E-state index contributed by atoms with van der Waals surface area (Å²) in [7, 11) is 0. The van der Waals surface area contributed by atoms with Gasteiger partial charge in [0.25, 0.3) is 0 Å². The minimum absolute atomic E-state index is 1.01. The smallest absolute Gasteiger partial charge is 0.0136 e. The molecule has 0 N–H and O–H groups in total. The van der Waals surface area contributed by atoms with Crippen LogP contribution in [0.2, 0.25) is 0 Å². The molecular weight excluding hydrogens is 192 g/mol. The highest BCUT2D eigenvalue weighted by atomic mass is 14.1. The fraction of sp³-hybridized carbons (Fsp3) is 0.375. The molecule has 0 heterocycles. The first-order valence-electron chi connectivity index (χ1n) is 6.14. The average Bonchev–Trinajstić information content (AvgIpc) is 2.35. The van der Waals surface area contributed by atoms with Gasteiger partial charge in [0.1, 0.15) is 0 Å². The van der Waals surface area contributed by atoms with E-state index in [0.717, 1.165) is 6.42 Å². The van der Waals surface area contributed by atoms with Crippen LogP contribution >= 0.6 is 0 Å². The Hall–Kier alpha value is -1.30. The summed E-state index contributed by atoms with van der Waals surface area (Å²) in [5.74, 6) is 0. The van der Waals surface area contributed by atoms with Gasteiger partial charge in [-0.1, -0.05) is 55.3 Å². The lowest BCUT2D eigenvalue weighted by atomic mass is 9.95. The highest BCUT2D eigenvalue weighted by molar-refractivity contribution is 5.67. The van der Waals surface area contributed by atoms with Crippen LogP contribution in [0.3, 0.4) is 0 Å². The average molecular weight is 214 g/mol. The molecule has 0 nitrogen and oxygen atoms in total. The summed E-state index contributed by atoms with van der Waals surface area (Å²) in [6, 6.07) is 10.6. The van der Waals surface area contributed by atoms with Gasteiger partial charge in [-0.25, -0.2) is 0 Å². The molecule has 0 amide bonds. The van der Waals surface area contributed by atoms with Gasteiger partial charge < -0.3 is 0 Å². The first-order chi connectivity index (χ1) is 7.79. The SMILES string of the molecule is C=CCC(CCCC)=C(C)c1ccccc1. The molecule has 0 saturated heterocycles. The van der Waals surface area contributed by atoms with Crippen LogP contribution in [0.1, 0.15) is 45.1 Å². The summed E-state index contributed by atoms with van der Waals surface area (Å²) >= 11 is 0. The van der Waals surface area contributed by atoms with E-state index in [1.165, 1.54) is 36.0 Å². The molecule has 0 aliphatic carbocycles. The van der Waals surface area contributed by atoms with Crippen LogP contribution in [-0.2, 0) is 0 Å². The Morgan fingerprint density at radius 3 is 2.50 bits per heavy atom. The van der Waals surface area contributed by atoms with Crippen LogP contribution in [-0.4, -0.2) is 0 Å². The van der Waals surface area contributed by atoms with E-state index in [-0.39, 0.29) is 0 Å². The molecule has 0 radical (unpaired) electrons. The highest BCUT2D eigenvalue weighted by Gasteiger charge is 2.02. The summed E-state index contributed by atoms with van der Waals surface area (Å²) in [5, 5.41) is 0. The van der Waals surface area contributed by atoms with E-state index in [2.05, 4.69) is 50.8 Å². The summed E-state index contributed by atoms with van der Waals surface area (Å²) < 4.78 is 0. The molecule has 86 valence electrons. The quantitative estimate of drug-likeness (QED) is 0.569. The van der Waals surface area contributed by atoms with Crippen molar-refractivity contribution in [2.45, 2.75) is 39.5 Å². The van der Waals surface area contributed by atoms with Crippen LogP contribution in [0.5, 0.6) is 0 Å². The Bertz CT molecular complexity index is 344. The van der Waals surface area contributed by atoms with E-state index in [1.54, 1.807) is 0 Å². The third-order valence-electron chi connectivity index (χ3n) is 2.96. The molecule has 1 rings (SSSR count). The topological polar surface area (TPSA) is 0 Å². The highest BCUT2D eigenvalue weighted by Crippen LogP contribution is 2.24. The van der Waals surface area contributed by atoms with Crippen molar-refractivity contribution in [1.29, 1.82) is 0 Å². The zero-order valence-electron chi connectivity index (χ0n) is 10.5. The fourth-order valence-electron chi connectivity index (χ4n) is 1.90. The molecule has 0 heteroatoms. The lowest BCUT2D eigenvalue weighted by Gasteiger charge is -2.10. The second kappa shape index (κ2) is 7.05. The molecular formula is C16H22. The van der Waals surface area contributed by atoms with Crippen molar-refractivity contribution in [1.82, 2.24) is 0 Å². The maximum Gasteiger partial charge on any atom is -0.0136 e.